The molecule has 3 aromatic rings. The minimum atomic E-state index is -0.0568. The van der Waals surface area contributed by atoms with Crippen molar-refractivity contribution >= 4 is 22.5 Å². The van der Waals surface area contributed by atoms with Crippen LogP contribution in [0.15, 0.2) is 54.7 Å². The van der Waals surface area contributed by atoms with E-state index < -0.39 is 0 Å². The van der Waals surface area contributed by atoms with Crippen LogP contribution >= 0.6 is 0 Å². The molecule has 4 heteroatoms. The van der Waals surface area contributed by atoms with Crippen molar-refractivity contribution in [2.45, 2.75) is 18.8 Å². The van der Waals surface area contributed by atoms with Gasteiger partial charge in [-0.3, -0.25) is 9.89 Å². The van der Waals surface area contributed by atoms with Crippen LogP contribution in [0.4, 0.5) is 5.69 Å². The van der Waals surface area contributed by atoms with Gasteiger partial charge in [-0.1, -0.05) is 30.3 Å². The van der Waals surface area contributed by atoms with Crippen LogP contribution in [-0.2, 0) is 4.79 Å². The number of benzene rings is 2. The summed E-state index contributed by atoms with van der Waals surface area (Å²) in [7, 11) is 0. The SMILES string of the molecule is O=C(Nc1ccc2cn[nH]c2c1)C(c1ccccc1)C1CC1. The van der Waals surface area contributed by atoms with E-state index in [1.54, 1.807) is 6.20 Å². The smallest absolute Gasteiger partial charge is 0.232 e. The molecule has 1 aromatic heterocycles. The summed E-state index contributed by atoms with van der Waals surface area (Å²) in [5.74, 6) is 0.490. The second kappa shape index (κ2) is 5.30. The lowest BCUT2D eigenvalue weighted by atomic mass is 9.93. The van der Waals surface area contributed by atoms with Gasteiger partial charge in [0.15, 0.2) is 0 Å². The first kappa shape index (κ1) is 13.1. The van der Waals surface area contributed by atoms with Crippen LogP contribution in [0.5, 0.6) is 0 Å². The van der Waals surface area contributed by atoms with E-state index in [1.807, 2.05) is 48.5 Å². The third-order valence-electron chi connectivity index (χ3n) is 4.24. The number of aromatic nitrogens is 2. The molecule has 110 valence electrons. The fourth-order valence-corrected chi connectivity index (χ4v) is 2.96. The van der Waals surface area contributed by atoms with E-state index in [-0.39, 0.29) is 11.8 Å². The third-order valence-corrected chi connectivity index (χ3v) is 4.24. The van der Waals surface area contributed by atoms with Gasteiger partial charge in [-0.25, -0.2) is 0 Å². The summed E-state index contributed by atoms with van der Waals surface area (Å²) in [6.07, 6.45) is 4.04. The highest BCUT2D eigenvalue weighted by Gasteiger charge is 2.37. The van der Waals surface area contributed by atoms with E-state index in [4.69, 9.17) is 0 Å². The van der Waals surface area contributed by atoms with Crippen LogP contribution in [0.2, 0.25) is 0 Å². The Labute approximate surface area is 128 Å². The van der Waals surface area contributed by atoms with Crippen LogP contribution in [0, 0.1) is 5.92 Å². The molecule has 0 aliphatic heterocycles. The minimum absolute atomic E-state index is 0.0568. The lowest BCUT2D eigenvalue weighted by Crippen LogP contribution is -2.22. The number of H-pyrrole nitrogens is 1. The van der Waals surface area contributed by atoms with Crippen molar-refractivity contribution in [3.8, 4) is 0 Å². The van der Waals surface area contributed by atoms with Gasteiger partial charge in [-0.2, -0.15) is 5.10 Å². The number of fused-ring (bicyclic) bond motifs is 1. The first-order valence-electron chi connectivity index (χ1n) is 7.60. The van der Waals surface area contributed by atoms with Gasteiger partial charge in [0.25, 0.3) is 0 Å². The summed E-state index contributed by atoms with van der Waals surface area (Å²) >= 11 is 0. The van der Waals surface area contributed by atoms with Gasteiger partial charge in [-0.05, 0) is 42.5 Å². The number of anilines is 1. The molecule has 4 rings (SSSR count). The molecule has 0 bridgehead atoms. The number of aromatic amines is 1. The lowest BCUT2D eigenvalue weighted by molar-refractivity contribution is -0.118. The lowest BCUT2D eigenvalue weighted by Gasteiger charge is -2.16. The number of amides is 1. The Balaban J connectivity index is 1.59. The summed E-state index contributed by atoms with van der Waals surface area (Å²) in [4.78, 5) is 12.7. The number of nitrogens with zero attached hydrogens (tertiary/aromatic N) is 1. The highest BCUT2D eigenvalue weighted by molar-refractivity contribution is 5.97. The Morgan fingerprint density at radius 2 is 2.00 bits per heavy atom. The fourth-order valence-electron chi connectivity index (χ4n) is 2.96. The molecule has 4 nitrogen and oxygen atoms in total. The first-order chi connectivity index (χ1) is 10.8. The zero-order valence-electron chi connectivity index (χ0n) is 12.1. The second-order valence-electron chi connectivity index (χ2n) is 5.89. The van der Waals surface area contributed by atoms with Gasteiger partial charge in [0.1, 0.15) is 0 Å². The molecule has 2 N–H and O–H groups in total. The van der Waals surface area contributed by atoms with Crippen molar-refractivity contribution in [1.29, 1.82) is 0 Å². The number of nitrogens with one attached hydrogen (secondary N) is 2. The predicted octanol–water partition coefficient (Wildman–Crippen LogP) is 3.70. The fraction of sp³-hybridized carbons (Fsp3) is 0.222. The van der Waals surface area contributed by atoms with E-state index in [2.05, 4.69) is 15.5 Å². The summed E-state index contributed by atoms with van der Waals surface area (Å²) in [6, 6.07) is 15.9. The van der Waals surface area contributed by atoms with E-state index >= 15 is 0 Å². The van der Waals surface area contributed by atoms with Gasteiger partial charge >= 0.3 is 0 Å². The monoisotopic (exact) mass is 291 g/mol. The number of hydrogen-bond donors (Lipinski definition) is 2. The molecule has 0 radical (unpaired) electrons. The molecule has 1 fully saturated rings. The Morgan fingerprint density at radius 1 is 1.18 bits per heavy atom. The number of rotatable bonds is 4. The van der Waals surface area contributed by atoms with Crippen LogP contribution in [0.1, 0.15) is 24.3 Å². The molecule has 0 spiro atoms. The molecule has 1 aliphatic rings. The van der Waals surface area contributed by atoms with Gasteiger partial charge < -0.3 is 5.32 Å². The summed E-state index contributed by atoms with van der Waals surface area (Å²) < 4.78 is 0. The molecule has 1 unspecified atom stereocenters. The van der Waals surface area contributed by atoms with Crippen LogP contribution in [-0.4, -0.2) is 16.1 Å². The van der Waals surface area contributed by atoms with Gasteiger partial charge in [0.05, 0.1) is 17.6 Å². The van der Waals surface area contributed by atoms with Crippen LogP contribution < -0.4 is 5.32 Å². The Hall–Kier alpha value is -2.62. The molecule has 1 heterocycles. The normalized spacial score (nSPS) is 15.6. The summed E-state index contributed by atoms with van der Waals surface area (Å²) in [6.45, 7) is 0. The van der Waals surface area contributed by atoms with Gasteiger partial charge in [0, 0.05) is 11.1 Å². The molecule has 1 saturated carbocycles. The van der Waals surface area contributed by atoms with Crippen molar-refractivity contribution in [2.24, 2.45) is 5.92 Å². The van der Waals surface area contributed by atoms with Crippen LogP contribution in [0.3, 0.4) is 0 Å². The zero-order chi connectivity index (χ0) is 14.9. The second-order valence-corrected chi connectivity index (χ2v) is 5.89. The Morgan fingerprint density at radius 3 is 2.77 bits per heavy atom. The highest BCUT2D eigenvalue weighted by Crippen LogP contribution is 2.43. The van der Waals surface area contributed by atoms with E-state index in [9.17, 15) is 4.79 Å². The Kier molecular flexibility index (Phi) is 3.15. The number of carbonyl (C=O) groups is 1. The minimum Gasteiger partial charge on any atom is -0.325 e. The molecule has 1 amide bonds. The topological polar surface area (TPSA) is 57.8 Å². The van der Waals surface area contributed by atoms with Gasteiger partial charge in [-0.15, -0.1) is 0 Å². The van der Waals surface area contributed by atoms with Crippen molar-refractivity contribution in [2.75, 3.05) is 5.32 Å². The predicted molar refractivity (Wildman–Crippen MR) is 86.6 cm³/mol. The number of hydrogen-bond acceptors (Lipinski definition) is 2. The van der Waals surface area contributed by atoms with Gasteiger partial charge in [0.2, 0.25) is 5.91 Å². The summed E-state index contributed by atoms with van der Waals surface area (Å²) in [5.41, 5.74) is 2.84. The third kappa shape index (κ3) is 2.48. The molecular weight excluding hydrogens is 274 g/mol. The molecular formula is C18H17N3O. The average molecular weight is 291 g/mol. The summed E-state index contributed by atoms with van der Waals surface area (Å²) in [5, 5.41) is 11.0. The van der Waals surface area contributed by atoms with Crippen molar-refractivity contribution in [1.82, 2.24) is 10.2 Å². The molecule has 1 aliphatic carbocycles. The molecule has 2 aromatic carbocycles. The number of carbonyl (C=O) groups excluding carboxylic acids is 1. The molecule has 1 atom stereocenters. The first-order valence-corrected chi connectivity index (χ1v) is 7.60. The largest absolute Gasteiger partial charge is 0.325 e. The van der Waals surface area contributed by atoms with Crippen molar-refractivity contribution in [3.63, 3.8) is 0 Å². The zero-order valence-corrected chi connectivity index (χ0v) is 12.1. The molecule has 0 saturated heterocycles. The van der Waals surface area contributed by atoms with E-state index in [0.717, 1.165) is 35.0 Å². The standard InChI is InChI=1S/C18H17N3O/c22-18(17(13-6-7-13)12-4-2-1-3-5-12)20-15-9-8-14-11-19-21-16(14)10-15/h1-5,8-11,13,17H,6-7H2,(H,19,21)(H,20,22). The molecule has 22 heavy (non-hydrogen) atoms. The Bertz CT molecular complexity index is 805. The van der Waals surface area contributed by atoms with Crippen molar-refractivity contribution in [3.05, 3.63) is 60.3 Å². The average Bonchev–Trinajstić information content (AvgIpc) is 3.25. The van der Waals surface area contributed by atoms with Crippen molar-refractivity contribution < 1.29 is 4.79 Å². The van der Waals surface area contributed by atoms with Crippen LogP contribution in [0.25, 0.3) is 10.9 Å². The van der Waals surface area contributed by atoms with E-state index in [0.29, 0.717) is 5.92 Å². The maximum absolute atomic E-state index is 12.7. The van der Waals surface area contributed by atoms with E-state index in [1.165, 1.54) is 0 Å². The quantitative estimate of drug-likeness (QED) is 0.770. The highest BCUT2D eigenvalue weighted by atomic mass is 16.1. The maximum atomic E-state index is 12.7. The maximum Gasteiger partial charge on any atom is 0.232 e.